The summed E-state index contributed by atoms with van der Waals surface area (Å²) >= 11 is 0. The van der Waals surface area contributed by atoms with Crippen molar-refractivity contribution in [3.05, 3.63) is 0 Å². The van der Waals surface area contributed by atoms with Crippen LogP contribution in [0.25, 0.3) is 0 Å². The average Bonchev–Trinajstić information content (AvgIpc) is 2.68. The number of carbonyl (C=O) groups excluding carboxylic acids is 3. The molecule has 4 amide bonds. The zero-order valence-electron chi connectivity index (χ0n) is 9.07. The molecule has 2 aliphatic heterocycles. The highest BCUT2D eigenvalue weighted by Gasteiger charge is 2.30. The summed E-state index contributed by atoms with van der Waals surface area (Å²) in [6, 6.07) is -0.583. The summed E-state index contributed by atoms with van der Waals surface area (Å²) in [5.41, 5.74) is 0. The third-order valence-corrected chi connectivity index (χ3v) is 2.94. The van der Waals surface area contributed by atoms with Crippen molar-refractivity contribution in [2.24, 2.45) is 0 Å². The van der Waals surface area contributed by atoms with E-state index < -0.39 is 17.8 Å². The Morgan fingerprint density at radius 3 is 2.38 bits per heavy atom. The highest BCUT2D eigenvalue weighted by Crippen LogP contribution is 2.08. The summed E-state index contributed by atoms with van der Waals surface area (Å²) in [6.45, 7) is 3.14. The zero-order valence-corrected chi connectivity index (χ0v) is 9.07. The molecule has 0 aliphatic carbocycles. The predicted molar refractivity (Wildman–Crippen MR) is 55.5 cm³/mol. The number of urea groups is 1. The van der Waals surface area contributed by atoms with E-state index in [4.69, 9.17) is 0 Å². The molecular formula is C10H15N3O3. The van der Waals surface area contributed by atoms with Crippen molar-refractivity contribution in [3.8, 4) is 0 Å². The van der Waals surface area contributed by atoms with Crippen LogP contribution in [0.4, 0.5) is 4.79 Å². The number of likely N-dealkylation sites (tertiary alicyclic amines) is 1. The summed E-state index contributed by atoms with van der Waals surface area (Å²) < 4.78 is 0. The van der Waals surface area contributed by atoms with Crippen LogP contribution in [0.1, 0.15) is 19.3 Å². The molecule has 0 saturated carbocycles. The lowest BCUT2D eigenvalue weighted by atomic mass is 10.3. The quantitative estimate of drug-likeness (QED) is 0.660. The van der Waals surface area contributed by atoms with E-state index >= 15 is 0 Å². The van der Waals surface area contributed by atoms with E-state index in [1.807, 2.05) is 0 Å². The third kappa shape index (κ3) is 2.38. The SMILES string of the molecule is O=C1CC(=O)N(CCN2CCCC2)C(=O)N1. The number of rotatable bonds is 3. The Balaban J connectivity index is 1.85. The van der Waals surface area contributed by atoms with E-state index in [0.29, 0.717) is 13.1 Å². The van der Waals surface area contributed by atoms with Crippen molar-refractivity contribution in [2.45, 2.75) is 19.3 Å². The molecule has 0 aromatic rings. The normalized spacial score (nSPS) is 22.8. The number of carbonyl (C=O) groups is 3. The third-order valence-electron chi connectivity index (χ3n) is 2.94. The molecule has 0 aromatic carbocycles. The van der Waals surface area contributed by atoms with Gasteiger partial charge in [-0.15, -0.1) is 0 Å². The fourth-order valence-electron chi connectivity index (χ4n) is 2.05. The molecule has 2 rings (SSSR count). The number of barbiturate groups is 1. The molecule has 0 spiro atoms. The Bertz CT molecular complexity index is 303. The Hall–Kier alpha value is -1.43. The first-order valence-electron chi connectivity index (χ1n) is 5.53. The molecule has 0 unspecified atom stereocenters. The van der Waals surface area contributed by atoms with Crippen LogP contribution < -0.4 is 5.32 Å². The standard InChI is InChI=1S/C10H15N3O3/c14-8-7-9(15)13(10(16)11-8)6-5-12-3-1-2-4-12/h1-7H2,(H,11,14,16). The van der Waals surface area contributed by atoms with E-state index in [1.54, 1.807) is 0 Å². The smallest absolute Gasteiger partial charge is 0.302 e. The topological polar surface area (TPSA) is 69.7 Å². The first-order valence-corrected chi connectivity index (χ1v) is 5.53. The molecular weight excluding hydrogens is 210 g/mol. The molecule has 1 N–H and O–H groups in total. The number of hydrogen-bond donors (Lipinski definition) is 1. The van der Waals surface area contributed by atoms with Gasteiger partial charge in [0, 0.05) is 13.1 Å². The second-order valence-electron chi connectivity index (χ2n) is 4.12. The minimum absolute atomic E-state index is 0.217. The fraction of sp³-hybridized carbons (Fsp3) is 0.700. The van der Waals surface area contributed by atoms with Crippen molar-refractivity contribution in [3.63, 3.8) is 0 Å². The molecule has 0 atom stereocenters. The van der Waals surface area contributed by atoms with Crippen LogP contribution in [0, 0.1) is 0 Å². The lowest BCUT2D eigenvalue weighted by Crippen LogP contribution is -2.54. The van der Waals surface area contributed by atoms with Gasteiger partial charge in [0.05, 0.1) is 0 Å². The molecule has 16 heavy (non-hydrogen) atoms. The minimum atomic E-state index is -0.583. The Morgan fingerprint density at radius 1 is 1.06 bits per heavy atom. The van der Waals surface area contributed by atoms with Crippen molar-refractivity contribution in [1.29, 1.82) is 0 Å². The Morgan fingerprint density at radius 2 is 1.75 bits per heavy atom. The monoisotopic (exact) mass is 225 g/mol. The molecule has 6 nitrogen and oxygen atoms in total. The largest absolute Gasteiger partial charge is 0.330 e. The fourth-order valence-corrected chi connectivity index (χ4v) is 2.05. The van der Waals surface area contributed by atoms with Gasteiger partial charge in [-0.2, -0.15) is 0 Å². The molecule has 0 bridgehead atoms. The van der Waals surface area contributed by atoms with Crippen LogP contribution in [0.3, 0.4) is 0 Å². The van der Waals surface area contributed by atoms with Crippen LogP contribution in [0.5, 0.6) is 0 Å². The molecule has 2 fully saturated rings. The van der Waals surface area contributed by atoms with Gasteiger partial charge in [-0.3, -0.25) is 19.8 Å². The maximum Gasteiger partial charge on any atom is 0.330 e. The first-order chi connectivity index (χ1) is 7.66. The maximum atomic E-state index is 11.4. The lowest BCUT2D eigenvalue weighted by molar-refractivity contribution is -0.136. The highest BCUT2D eigenvalue weighted by atomic mass is 16.2. The van der Waals surface area contributed by atoms with Crippen LogP contribution >= 0.6 is 0 Å². The molecule has 2 heterocycles. The van der Waals surface area contributed by atoms with E-state index in [-0.39, 0.29) is 6.42 Å². The van der Waals surface area contributed by atoms with E-state index in [2.05, 4.69) is 10.2 Å². The van der Waals surface area contributed by atoms with Crippen LogP contribution in [0.2, 0.25) is 0 Å². The summed E-state index contributed by atoms with van der Waals surface area (Å²) in [6.07, 6.45) is 2.14. The van der Waals surface area contributed by atoms with Crippen molar-refractivity contribution in [1.82, 2.24) is 15.1 Å². The average molecular weight is 225 g/mol. The van der Waals surface area contributed by atoms with E-state index in [0.717, 1.165) is 18.0 Å². The minimum Gasteiger partial charge on any atom is -0.302 e. The van der Waals surface area contributed by atoms with Gasteiger partial charge >= 0.3 is 6.03 Å². The second-order valence-corrected chi connectivity index (χ2v) is 4.12. The molecule has 2 saturated heterocycles. The van der Waals surface area contributed by atoms with Gasteiger partial charge in [-0.1, -0.05) is 0 Å². The molecule has 0 aromatic heterocycles. The first kappa shape index (κ1) is 11.1. The van der Waals surface area contributed by atoms with Gasteiger partial charge in [0.1, 0.15) is 6.42 Å². The number of hydrogen-bond acceptors (Lipinski definition) is 4. The molecule has 88 valence electrons. The van der Waals surface area contributed by atoms with Gasteiger partial charge in [0.25, 0.3) is 0 Å². The second kappa shape index (κ2) is 4.61. The Labute approximate surface area is 93.6 Å². The molecule has 2 aliphatic rings. The van der Waals surface area contributed by atoms with Crippen molar-refractivity contribution >= 4 is 17.8 Å². The van der Waals surface area contributed by atoms with Crippen molar-refractivity contribution < 1.29 is 14.4 Å². The van der Waals surface area contributed by atoms with Crippen LogP contribution in [0.15, 0.2) is 0 Å². The van der Waals surface area contributed by atoms with Gasteiger partial charge in [-0.25, -0.2) is 4.79 Å². The van der Waals surface area contributed by atoms with E-state index in [9.17, 15) is 14.4 Å². The number of imide groups is 2. The zero-order chi connectivity index (χ0) is 11.5. The number of amides is 4. The highest BCUT2D eigenvalue weighted by molar-refractivity contribution is 6.14. The lowest BCUT2D eigenvalue weighted by Gasteiger charge is -2.26. The summed E-state index contributed by atoms with van der Waals surface area (Å²) in [7, 11) is 0. The number of nitrogens with zero attached hydrogens (tertiary/aromatic N) is 2. The van der Waals surface area contributed by atoms with Gasteiger partial charge in [0.2, 0.25) is 11.8 Å². The van der Waals surface area contributed by atoms with Gasteiger partial charge in [0.15, 0.2) is 0 Å². The number of nitrogens with one attached hydrogen (secondary N) is 1. The van der Waals surface area contributed by atoms with Gasteiger partial charge < -0.3 is 4.90 Å². The summed E-state index contributed by atoms with van der Waals surface area (Å²) in [4.78, 5) is 37.1. The maximum absolute atomic E-state index is 11.4. The van der Waals surface area contributed by atoms with Crippen molar-refractivity contribution in [2.75, 3.05) is 26.2 Å². The predicted octanol–water partition coefficient (Wildman–Crippen LogP) is -0.449. The molecule has 0 radical (unpaired) electrons. The molecule has 6 heteroatoms. The summed E-state index contributed by atoms with van der Waals surface area (Å²) in [5, 5.41) is 2.14. The van der Waals surface area contributed by atoms with Crippen LogP contribution in [-0.4, -0.2) is 53.8 Å². The summed E-state index contributed by atoms with van der Waals surface area (Å²) in [5.74, 6) is -0.902. The van der Waals surface area contributed by atoms with E-state index in [1.165, 1.54) is 12.8 Å². The Kier molecular flexibility index (Phi) is 3.19. The van der Waals surface area contributed by atoms with Crippen LogP contribution in [-0.2, 0) is 9.59 Å². The van der Waals surface area contributed by atoms with Gasteiger partial charge in [-0.05, 0) is 25.9 Å².